The van der Waals surface area contributed by atoms with Crippen LogP contribution in [0.15, 0.2) is 21.6 Å². The largest absolute Gasteiger partial charge is 0.372 e. The molecule has 0 saturated carbocycles. The maximum atomic E-state index is 12.0. The van der Waals surface area contributed by atoms with Gasteiger partial charge in [-0.05, 0) is 28.3 Å². The molecule has 1 aromatic heterocycles. The fourth-order valence-electron chi connectivity index (χ4n) is 1.17. The van der Waals surface area contributed by atoms with E-state index in [1.807, 2.05) is 6.26 Å². The lowest BCUT2D eigenvalue weighted by Gasteiger charge is -2.10. The average Bonchev–Trinajstić information content (AvgIpc) is 2.29. The Labute approximate surface area is 114 Å². The summed E-state index contributed by atoms with van der Waals surface area (Å²) >= 11 is 4.80. The van der Waals surface area contributed by atoms with Gasteiger partial charge in [0.1, 0.15) is 10.7 Å². The Morgan fingerprint density at radius 1 is 1.53 bits per heavy atom. The number of rotatable bonds is 6. The number of aromatic nitrogens is 1. The zero-order valence-electron chi connectivity index (χ0n) is 9.53. The lowest BCUT2D eigenvalue weighted by atomic mass is 10.4. The van der Waals surface area contributed by atoms with Crippen molar-refractivity contribution in [2.75, 3.05) is 30.9 Å². The van der Waals surface area contributed by atoms with Gasteiger partial charge in [-0.2, -0.15) is 11.8 Å². The summed E-state index contributed by atoms with van der Waals surface area (Å²) in [6.45, 7) is 0.402. The summed E-state index contributed by atoms with van der Waals surface area (Å²) in [6, 6.07) is 1.53. The van der Waals surface area contributed by atoms with Crippen molar-refractivity contribution in [1.82, 2.24) is 9.71 Å². The Bertz CT molecular complexity index is 479. The number of pyridine rings is 1. The second-order valence-electron chi connectivity index (χ2n) is 3.14. The summed E-state index contributed by atoms with van der Waals surface area (Å²) in [7, 11) is -1.88. The minimum absolute atomic E-state index is 0.149. The number of sulfonamides is 1. The number of nitrogens with one attached hydrogen (secondary N) is 2. The van der Waals surface area contributed by atoms with Gasteiger partial charge in [0.15, 0.2) is 0 Å². The molecule has 2 N–H and O–H groups in total. The molecule has 17 heavy (non-hydrogen) atoms. The van der Waals surface area contributed by atoms with E-state index >= 15 is 0 Å². The van der Waals surface area contributed by atoms with E-state index in [2.05, 4.69) is 31.0 Å². The average molecular weight is 340 g/mol. The molecule has 0 aliphatic heterocycles. The van der Waals surface area contributed by atoms with Gasteiger partial charge < -0.3 is 5.32 Å². The van der Waals surface area contributed by atoms with Gasteiger partial charge >= 0.3 is 0 Å². The minimum atomic E-state index is -3.52. The van der Waals surface area contributed by atoms with Crippen molar-refractivity contribution in [2.24, 2.45) is 0 Å². The topological polar surface area (TPSA) is 71.1 Å². The summed E-state index contributed by atoms with van der Waals surface area (Å²) in [6.07, 6.45) is 3.47. The monoisotopic (exact) mass is 339 g/mol. The maximum Gasteiger partial charge on any atom is 0.244 e. The van der Waals surface area contributed by atoms with Gasteiger partial charge in [-0.1, -0.05) is 0 Å². The Morgan fingerprint density at radius 3 is 2.82 bits per heavy atom. The van der Waals surface area contributed by atoms with E-state index in [0.717, 1.165) is 5.75 Å². The molecular weight excluding hydrogens is 326 g/mol. The minimum Gasteiger partial charge on any atom is -0.372 e. The van der Waals surface area contributed by atoms with Crippen molar-refractivity contribution in [3.8, 4) is 0 Å². The first-order valence-corrected chi connectivity index (χ1v) is 8.50. The molecular formula is C9H14BrN3O2S2. The van der Waals surface area contributed by atoms with Crippen LogP contribution in [-0.2, 0) is 10.0 Å². The van der Waals surface area contributed by atoms with E-state index in [1.165, 1.54) is 6.07 Å². The quantitative estimate of drug-likeness (QED) is 0.769. The van der Waals surface area contributed by atoms with Crippen LogP contribution in [0.3, 0.4) is 0 Å². The molecule has 96 valence electrons. The van der Waals surface area contributed by atoms with Crippen molar-refractivity contribution < 1.29 is 8.42 Å². The molecule has 0 atom stereocenters. The van der Waals surface area contributed by atoms with Crippen LogP contribution in [0.5, 0.6) is 0 Å². The first-order chi connectivity index (χ1) is 8.01. The highest BCUT2D eigenvalue weighted by Crippen LogP contribution is 2.22. The fraction of sp³-hybridized carbons (Fsp3) is 0.444. The van der Waals surface area contributed by atoms with Crippen molar-refractivity contribution in [1.29, 1.82) is 0 Å². The summed E-state index contributed by atoms with van der Waals surface area (Å²) in [5, 5.41) is 2.76. The highest BCUT2D eigenvalue weighted by Gasteiger charge is 2.19. The molecule has 1 aromatic rings. The number of nitrogens with zero attached hydrogens (tertiary/aromatic N) is 1. The lowest BCUT2D eigenvalue weighted by Crippen LogP contribution is -2.27. The molecule has 0 aromatic carbocycles. The molecule has 0 radical (unpaired) electrons. The van der Waals surface area contributed by atoms with Crippen LogP contribution in [0.2, 0.25) is 0 Å². The highest BCUT2D eigenvalue weighted by atomic mass is 79.9. The third kappa shape index (κ3) is 4.13. The van der Waals surface area contributed by atoms with Crippen LogP contribution in [0.4, 0.5) is 5.82 Å². The second kappa shape index (κ2) is 6.58. The summed E-state index contributed by atoms with van der Waals surface area (Å²) in [5.74, 6) is 1.07. The molecule has 8 heteroatoms. The highest BCUT2D eigenvalue weighted by molar-refractivity contribution is 9.10. The van der Waals surface area contributed by atoms with Crippen LogP contribution in [-0.4, -0.2) is 39.0 Å². The first-order valence-electron chi connectivity index (χ1n) is 4.83. The number of hydrogen-bond donors (Lipinski definition) is 2. The van der Waals surface area contributed by atoms with Gasteiger partial charge in [0.25, 0.3) is 0 Å². The molecule has 0 amide bonds. The van der Waals surface area contributed by atoms with Crippen LogP contribution in [0.25, 0.3) is 0 Å². The zero-order chi connectivity index (χ0) is 12.9. The van der Waals surface area contributed by atoms with Crippen LogP contribution >= 0.6 is 27.7 Å². The molecule has 0 aliphatic carbocycles. The van der Waals surface area contributed by atoms with E-state index < -0.39 is 10.0 Å². The van der Waals surface area contributed by atoms with E-state index in [0.29, 0.717) is 16.8 Å². The predicted molar refractivity (Wildman–Crippen MR) is 75.1 cm³/mol. The van der Waals surface area contributed by atoms with E-state index in [9.17, 15) is 8.42 Å². The Balaban J connectivity index is 3.00. The van der Waals surface area contributed by atoms with Crippen LogP contribution < -0.4 is 10.0 Å². The van der Waals surface area contributed by atoms with Crippen molar-refractivity contribution in [2.45, 2.75) is 4.90 Å². The van der Waals surface area contributed by atoms with Gasteiger partial charge in [-0.25, -0.2) is 18.1 Å². The molecule has 1 heterocycles. The number of halogens is 1. The van der Waals surface area contributed by atoms with Gasteiger partial charge in [0.05, 0.1) is 0 Å². The van der Waals surface area contributed by atoms with Crippen molar-refractivity contribution in [3.63, 3.8) is 0 Å². The Kier molecular flexibility index (Phi) is 5.71. The van der Waals surface area contributed by atoms with Crippen LogP contribution in [0.1, 0.15) is 0 Å². The summed E-state index contributed by atoms with van der Waals surface area (Å²) in [5.41, 5.74) is 0. The molecule has 1 rings (SSSR count). The van der Waals surface area contributed by atoms with Gasteiger partial charge in [0, 0.05) is 30.0 Å². The third-order valence-electron chi connectivity index (χ3n) is 1.94. The standard InChI is InChI=1S/C9H14BrN3O2S2/c1-11-9-8(5-7(10)6-12-9)17(14,15)13-3-4-16-2/h5-6,13H,3-4H2,1-2H3,(H,11,12). The smallest absolute Gasteiger partial charge is 0.244 e. The van der Waals surface area contributed by atoms with Crippen molar-refractivity contribution in [3.05, 3.63) is 16.7 Å². The van der Waals surface area contributed by atoms with Crippen LogP contribution in [0, 0.1) is 0 Å². The van der Waals surface area contributed by atoms with E-state index in [-0.39, 0.29) is 4.90 Å². The van der Waals surface area contributed by atoms with E-state index in [1.54, 1.807) is 25.0 Å². The zero-order valence-corrected chi connectivity index (χ0v) is 12.7. The molecule has 0 fully saturated rings. The molecule has 0 bridgehead atoms. The molecule has 0 saturated heterocycles. The Hall–Kier alpha value is -0.310. The Morgan fingerprint density at radius 2 is 2.24 bits per heavy atom. The normalized spacial score (nSPS) is 11.5. The number of anilines is 1. The molecule has 0 unspecified atom stereocenters. The SMILES string of the molecule is CNc1ncc(Br)cc1S(=O)(=O)NCCSC. The predicted octanol–water partition coefficient (Wildman–Crippen LogP) is 1.53. The number of hydrogen-bond acceptors (Lipinski definition) is 5. The summed E-state index contributed by atoms with van der Waals surface area (Å²) < 4.78 is 27.2. The number of thioether (sulfide) groups is 1. The van der Waals surface area contributed by atoms with E-state index in [4.69, 9.17) is 0 Å². The van der Waals surface area contributed by atoms with Gasteiger partial charge in [-0.15, -0.1) is 0 Å². The maximum absolute atomic E-state index is 12.0. The molecule has 0 aliphatic rings. The first kappa shape index (κ1) is 14.7. The van der Waals surface area contributed by atoms with Crippen molar-refractivity contribution >= 4 is 43.5 Å². The molecule has 0 spiro atoms. The lowest BCUT2D eigenvalue weighted by molar-refractivity contribution is 0.584. The van der Waals surface area contributed by atoms with Gasteiger partial charge in [-0.3, -0.25) is 0 Å². The summed E-state index contributed by atoms with van der Waals surface area (Å²) in [4.78, 5) is 4.16. The van der Waals surface area contributed by atoms with Gasteiger partial charge in [0.2, 0.25) is 10.0 Å². The molecule has 5 nitrogen and oxygen atoms in total. The third-order valence-corrected chi connectivity index (χ3v) is 4.46. The fourth-order valence-corrected chi connectivity index (χ4v) is 3.31. The second-order valence-corrected chi connectivity index (χ2v) is 6.78.